The molecule has 1 unspecified atom stereocenters. The van der Waals surface area contributed by atoms with Gasteiger partial charge < -0.3 is 10.4 Å². The topological polar surface area (TPSA) is 83.5 Å². The van der Waals surface area contributed by atoms with Crippen LogP contribution in [-0.4, -0.2) is 43.6 Å². The maximum atomic E-state index is 11.2. The van der Waals surface area contributed by atoms with Crippen LogP contribution in [0.3, 0.4) is 0 Å². The van der Waals surface area contributed by atoms with Crippen LogP contribution in [0.25, 0.3) is 0 Å². The van der Waals surface area contributed by atoms with Crippen molar-refractivity contribution >= 4 is 15.7 Å². The second kappa shape index (κ2) is 4.57. The molecular weight excluding hydrogens is 194 g/mol. The minimum absolute atomic E-state index is 0.206. The number of aliphatic hydroxyl groups excluding tert-OH is 1. The van der Waals surface area contributed by atoms with Crippen molar-refractivity contribution in [1.29, 1.82) is 0 Å². The lowest BCUT2D eigenvalue weighted by atomic mass is 10.3. The van der Waals surface area contributed by atoms with E-state index in [2.05, 4.69) is 5.32 Å². The number of nitrogens with one attached hydrogen (secondary N) is 1. The predicted octanol–water partition coefficient (Wildman–Crippen LogP) is -1.08. The molecule has 0 rings (SSSR count). The quantitative estimate of drug-likeness (QED) is 0.616. The van der Waals surface area contributed by atoms with Gasteiger partial charge in [0.05, 0.1) is 6.61 Å². The number of sulfone groups is 1. The molecule has 0 bridgehead atoms. The lowest BCUT2D eigenvalue weighted by Crippen LogP contribution is -2.43. The smallest absolute Gasteiger partial charge is 0.238 e. The van der Waals surface area contributed by atoms with Gasteiger partial charge >= 0.3 is 0 Å². The first-order valence-corrected chi connectivity index (χ1v) is 5.84. The monoisotopic (exact) mass is 209 g/mol. The van der Waals surface area contributed by atoms with Gasteiger partial charge in [0, 0.05) is 12.3 Å². The van der Waals surface area contributed by atoms with E-state index < -0.39 is 27.0 Å². The number of carbonyl (C=O) groups is 1. The van der Waals surface area contributed by atoms with Crippen molar-refractivity contribution in [3.8, 4) is 0 Å². The SMILES string of the molecule is CC(C(=O)N[C@H](C)CO)S(C)(=O)=O. The number of hydrogen-bond acceptors (Lipinski definition) is 4. The van der Waals surface area contributed by atoms with Gasteiger partial charge in [0.2, 0.25) is 5.91 Å². The Morgan fingerprint density at radius 1 is 1.46 bits per heavy atom. The van der Waals surface area contributed by atoms with Gasteiger partial charge in [0.1, 0.15) is 5.25 Å². The van der Waals surface area contributed by atoms with Crippen LogP contribution >= 0.6 is 0 Å². The molecule has 0 aliphatic carbocycles. The van der Waals surface area contributed by atoms with E-state index in [0.717, 1.165) is 6.26 Å². The number of hydrogen-bond donors (Lipinski definition) is 2. The highest BCUT2D eigenvalue weighted by Gasteiger charge is 2.24. The Balaban J connectivity index is 4.29. The third-order valence-electron chi connectivity index (χ3n) is 1.67. The molecule has 0 saturated carbocycles. The van der Waals surface area contributed by atoms with Gasteiger partial charge in [-0.3, -0.25) is 4.79 Å². The van der Waals surface area contributed by atoms with Crippen LogP contribution in [0.5, 0.6) is 0 Å². The van der Waals surface area contributed by atoms with E-state index in [1.54, 1.807) is 6.92 Å². The largest absolute Gasteiger partial charge is 0.394 e. The summed E-state index contributed by atoms with van der Waals surface area (Å²) >= 11 is 0. The maximum Gasteiger partial charge on any atom is 0.238 e. The Kier molecular flexibility index (Phi) is 4.35. The molecule has 0 aromatic rings. The second-order valence-corrected chi connectivity index (χ2v) is 5.43. The molecule has 0 aromatic heterocycles. The lowest BCUT2D eigenvalue weighted by molar-refractivity contribution is -0.121. The predicted molar refractivity (Wildman–Crippen MR) is 49.0 cm³/mol. The molecule has 0 saturated heterocycles. The van der Waals surface area contributed by atoms with Gasteiger partial charge in [-0.2, -0.15) is 0 Å². The van der Waals surface area contributed by atoms with Crippen molar-refractivity contribution in [2.75, 3.05) is 12.9 Å². The molecule has 5 nitrogen and oxygen atoms in total. The van der Waals surface area contributed by atoms with E-state index in [-0.39, 0.29) is 6.61 Å². The summed E-state index contributed by atoms with van der Waals surface area (Å²) in [5, 5.41) is 9.90. The van der Waals surface area contributed by atoms with E-state index in [1.165, 1.54) is 6.92 Å². The van der Waals surface area contributed by atoms with E-state index in [9.17, 15) is 13.2 Å². The van der Waals surface area contributed by atoms with Crippen molar-refractivity contribution in [3.05, 3.63) is 0 Å². The maximum absolute atomic E-state index is 11.2. The molecule has 0 aliphatic heterocycles. The molecule has 78 valence electrons. The molecule has 0 aliphatic rings. The van der Waals surface area contributed by atoms with Gasteiger partial charge in [0.25, 0.3) is 0 Å². The van der Waals surface area contributed by atoms with Crippen LogP contribution in [-0.2, 0) is 14.6 Å². The fourth-order valence-electron chi connectivity index (χ4n) is 0.600. The van der Waals surface area contributed by atoms with E-state index in [4.69, 9.17) is 5.11 Å². The lowest BCUT2D eigenvalue weighted by Gasteiger charge is -2.14. The van der Waals surface area contributed by atoms with Crippen LogP contribution in [0.15, 0.2) is 0 Å². The Labute approximate surface area is 78.1 Å². The summed E-state index contributed by atoms with van der Waals surface area (Å²) in [5.41, 5.74) is 0. The zero-order valence-electron chi connectivity index (χ0n) is 7.94. The second-order valence-electron chi connectivity index (χ2n) is 3.06. The first kappa shape index (κ1) is 12.4. The summed E-state index contributed by atoms with van der Waals surface area (Å²) in [6, 6.07) is -0.420. The summed E-state index contributed by atoms with van der Waals surface area (Å²) in [7, 11) is -3.35. The van der Waals surface area contributed by atoms with Crippen LogP contribution in [0.4, 0.5) is 0 Å². The van der Waals surface area contributed by atoms with Crippen LogP contribution in [0.2, 0.25) is 0 Å². The van der Waals surface area contributed by atoms with Gasteiger partial charge in [-0.25, -0.2) is 8.42 Å². The van der Waals surface area contributed by atoms with E-state index in [0.29, 0.717) is 0 Å². The third-order valence-corrected chi connectivity index (χ3v) is 3.17. The summed E-state index contributed by atoms with van der Waals surface area (Å²) in [6.45, 7) is 2.70. The zero-order chi connectivity index (χ0) is 10.6. The highest BCUT2D eigenvalue weighted by molar-refractivity contribution is 7.92. The zero-order valence-corrected chi connectivity index (χ0v) is 8.76. The van der Waals surface area contributed by atoms with Crippen molar-refractivity contribution in [2.24, 2.45) is 0 Å². The molecule has 0 aromatic carbocycles. The fourth-order valence-corrected chi connectivity index (χ4v) is 1.06. The number of aliphatic hydroxyl groups is 1. The van der Waals surface area contributed by atoms with E-state index >= 15 is 0 Å². The molecule has 0 radical (unpaired) electrons. The Bertz CT molecular complexity index is 272. The number of carbonyl (C=O) groups excluding carboxylic acids is 1. The summed E-state index contributed by atoms with van der Waals surface area (Å²) in [6.07, 6.45) is 1.00. The minimum atomic E-state index is -3.35. The standard InChI is InChI=1S/C7H15NO4S/c1-5(4-9)8-7(10)6(2)13(3,11)12/h5-6,9H,4H2,1-3H3,(H,8,10)/t5-,6?/m1/s1. The first-order valence-electron chi connectivity index (χ1n) is 3.89. The van der Waals surface area contributed by atoms with Gasteiger partial charge in [-0.1, -0.05) is 0 Å². The van der Waals surface area contributed by atoms with Crippen molar-refractivity contribution in [3.63, 3.8) is 0 Å². The highest BCUT2D eigenvalue weighted by atomic mass is 32.2. The molecule has 13 heavy (non-hydrogen) atoms. The van der Waals surface area contributed by atoms with Gasteiger partial charge in [-0.05, 0) is 13.8 Å². The molecule has 1 amide bonds. The molecule has 6 heteroatoms. The first-order chi connectivity index (χ1) is 5.79. The third kappa shape index (κ3) is 4.23. The number of amides is 1. The Morgan fingerprint density at radius 2 is 1.92 bits per heavy atom. The minimum Gasteiger partial charge on any atom is -0.394 e. The highest BCUT2D eigenvalue weighted by Crippen LogP contribution is 1.98. The molecule has 0 spiro atoms. The molecular formula is C7H15NO4S. The van der Waals surface area contributed by atoms with Gasteiger partial charge in [0.15, 0.2) is 9.84 Å². The summed E-state index contributed by atoms with van der Waals surface area (Å²) < 4.78 is 21.8. The molecule has 2 N–H and O–H groups in total. The van der Waals surface area contributed by atoms with Crippen molar-refractivity contribution < 1.29 is 18.3 Å². The molecule has 2 atom stereocenters. The Morgan fingerprint density at radius 3 is 2.23 bits per heavy atom. The summed E-state index contributed by atoms with van der Waals surface area (Å²) in [4.78, 5) is 11.2. The average molecular weight is 209 g/mol. The molecule has 0 heterocycles. The van der Waals surface area contributed by atoms with Crippen molar-refractivity contribution in [2.45, 2.75) is 25.1 Å². The average Bonchev–Trinajstić information content (AvgIpc) is 2.01. The summed E-state index contributed by atoms with van der Waals surface area (Å²) in [5.74, 6) is -0.580. The van der Waals surface area contributed by atoms with Crippen molar-refractivity contribution in [1.82, 2.24) is 5.32 Å². The number of rotatable bonds is 4. The van der Waals surface area contributed by atoms with Gasteiger partial charge in [-0.15, -0.1) is 0 Å². The van der Waals surface area contributed by atoms with Crippen LogP contribution in [0, 0.1) is 0 Å². The molecule has 0 fully saturated rings. The van der Waals surface area contributed by atoms with E-state index in [1.807, 2.05) is 0 Å². The fraction of sp³-hybridized carbons (Fsp3) is 0.857. The Hall–Kier alpha value is -0.620. The normalized spacial score (nSPS) is 16.3. The van der Waals surface area contributed by atoms with Crippen LogP contribution in [0.1, 0.15) is 13.8 Å². The van der Waals surface area contributed by atoms with Crippen LogP contribution < -0.4 is 5.32 Å².